The average Bonchev–Trinajstić information content (AvgIpc) is 3.00. The lowest BCUT2D eigenvalue weighted by Gasteiger charge is -2.31. The van der Waals surface area contributed by atoms with E-state index in [1.165, 1.54) is 31.2 Å². The molecule has 0 aliphatic heterocycles. The Bertz CT molecular complexity index is 445. The van der Waals surface area contributed by atoms with Crippen molar-refractivity contribution in [1.82, 2.24) is 5.32 Å². The molecule has 1 nitrogen and oxygen atoms in total. The monoisotopic (exact) mass is 277 g/mol. The van der Waals surface area contributed by atoms with Gasteiger partial charge in [-0.25, -0.2) is 0 Å². The first-order valence-corrected chi connectivity index (χ1v) is 8.03. The molecule has 3 rings (SSSR count). The topological polar surface area (TPSA) is 12.0 Å². The molecule has 1 aromatic rings. The predicted octanol–water partition coefficient (Wildman–Crippen LogP) is 4.82. The van der Waals surface area contributed by atoms with Gasteiger partial charge < -0.3 is 5.32 Å². The number of rotatable bonds is 4. The molecule has 2 fully saturated rings. The van der Waals surface area contributed by atoms with E-state index in [1.807, 2.05) is 12.1 Å². The zero-order valence-corrected chi connectivity index (χ0v) is 12.7. The van der Waals surface area contributed by atoms with E-state index in [1.54, 1.807) is 0 Å². The van der Waals surface area contributed by atoms with Crippen LogP contribution in [0.3, 0.4) is 0 Å². The molecular weight excluding hydrogens is 254 g/mol. The molecule has 19 heavy (non-hydrogen) atoms. The summed E-state index contributed by atoms with van der Waals surface area (Å²) < 4.78 is 0. The number of benzene rings is 1. The van der Waals surface area contributed by atoms with E-state index in [0.717, 1.165) is 22.8 Å². The van der Waals surface area contributed by atoms with E-state index in [0.29, 0.717) is 12.1 Å². The summed E-state index contributed by atoms with van der Waals surface area (Å²) in [6, 6.07) is 9.22. The molecule has 0 spiro atoms. The van der Waals surface area contributed by atoms with E-state index < -0.39 is 0 Å². The molecule has 5 atom stereocenters. The number of nitrogens with one attached hydrogen (secondary N) is 1. The Morgan fingerprint density at radius 2 is 2.05 bits per heavy atom. The molecule has 0 heterocycles. The van der Waals surface area contributed by atoms with Crippen LogP contribution >= 0.6 is 11.6 Å². The summed E-state index contributed by atoms with van der Waals surface area (Å²) in [5, 5.41) is 4.62. The molecule has 1 aromatic carbocycles. The summed E-state index contributed by atoms with van der Waals surface area (Å²) in [5.74, 6) is 2.90. The van der Waals surface area contributed by atoms with E-state index in [-0.39, 0.29) is 0 Å². The molecule has 0 amide bonds. The average molecular weight is 278 g/mol. The zero-order chi connectivity index (χ0) is 13.4. The number of hydrogen-bond donors (Lipinski definition) is 1. The van der Waals surface area contributed by atoms with Gasteiger partial charge in [0.05, 0.1) is 0 Å². The first kappa shape index (κ1) is 13.5. The zero-order valence-electron chi connectivity index (χ0n) is 11.9. The van der Waals surface area contributed by atoms with Gasteiger partial charge in [-0.05, 0) is 68.6 Å². The Hall–Kier alpha value is -0.530. The van der Waals surface area contributed by atoms with Gasteiger partial charge in [0.1, 0.15) is 0 Å². The van der Waals surface area contributed by atoms with Gasteiger partial charge in [0, 0.05) is 17.1 Å². The Labute approximate surface area is 121 Å². The summed E-state index contributed by atoms with van der Waals surface area (Å²) in [4.78, 5) is 0. The highest BCUT2D eigenvalue weighted by atomic mass is 35.5. The maximum absolute atomic E-state index is 6.08. The van der Waals surface area contributed by atoms with Crippen molar-refractivity contribution in [1.29, 1.82) is 0 Å². The Kier molecular flexibility index (Phi) is 3.86. The Morgan fingerprint density at radius 1 is 1.21 bits per heavy atom. The third kappa shape index (κ3) is 2.83. The minimum atomic E-state index is 0.382. The lowest BCUT2D eigenvalue weighted by Crippen LogP contribution is -2.37. The van der Waals surface area contributed by atoms with Crippen molar-refractivity contribution >= 4 is 11.6 Å². The molecular formula is C17H24ClN. The van der Waals surface area contributed by atoms with Crippen molar-refractivity contribution in [2.75, 3.05) is 0 Å². The first-order chi connectivity index (χ1) is 9.13. The molecule has 0 aromatic heterocycles. The van der Waals surface area contributed by atoms with E-state index in [2.05, 4.69) is 31.3 Å². The third-order valence-electron chi connectivity index (χ3n) is 5.30. The number of halogens is 1. The third-order valence-corrected chi connectivity index (χ3v) is 5.53. The summed E-state index contributed by atoms with van der Waals surface area (Å²) in [7, 11) is 0. The molecule has 0 saturated heterocycles. The van der Waals surface area contributed by atoms with Crippen LogP contribution in [0.4, 0.5) is 0 Å². The van der Waals surface area contributed by atoms with Crippen molar-refractivity contribution in [2.24, 2.45) is 17.8 Å². The fourth-order valence-corrected chi connectivity index (χ4v) is 4.50. The largest absolute Gasteiger partial charge is 0.307 e. The number of hydrogen-bond acceptors (Lipinski definition) is 1. The van der Waals surface area contributed by atoms with Crippen LogP contribution in [0.25, 0.3) is 0 Å². The maximum atomic E-state index is 6.08. The smallest absolute Gasteiger partial charge is 0.0409 e. The number of fused-ring (bicyclic) bond motifs is 2. The van der Waals surface area contributed by atoms with Gasteiger partial charge in [0.2, 0.25) is 0 Å². The van der Waals surface area contributed by atoms with E-state index >= 15 is 0 Å². The first-order valence-electron chi connectivity index (χ1n) is 7.65. The van der Waals surface area contributed by atoms with Crippen LogP contribution in [0.1, 0.15) is 51.1 Å². The second-order valence-electron chi connectivity index (χ2n) is 6.57. The molecule has 2 bridgehead atoms. The molecule has 2 aliphatic carbocycles. The van der Waals surface area contributed by atoms with Crippen LogP contribution < -0.4 is 5.32 Å². The van der Waals surface area contributed by atoms with Gasteiger partial charge in [0.25, 0.3) is 0 Å². The van der Waals surface area contributed by atoms with Crippen LogP contribution in [0.5, 0.6) is 0 Å². The van der Waals surface area contributed by atoms with Crippen molar-refractivity contribution in [2.45, 2.75) is 51.6 Å². The Balaban J connectivity index is 1.61. The quantitative estimate of drug-likeness (QED) is 0.832. The fourth-order valence-electron chi connectivity index (χ4n) is 4.30. The van der Waals surface area contributed by atoms with Crippen molar-refractivity contribution < 1.29 is 0 Å². The van der Waals surface area contributed by atoms with Gasteiger partial charge in [-0.2, -0.15) is 0 Å². The Morgan fingerprint density at radius 3 is 2.68 bits per heavy atom. The van der Waals surface area contributed by atoms with Crippen LogP contribution in [-0.2, 0) is 0 Å². The van der Waals surface area contributed by atoms with Crippen molar-refractivity contribution in [3.63, 3.8) is 0 Å². The van der Waals surface area contributed by atoms with Crippen molar-refractivity contribution in [3.05, 3.63) is 34.9 Å². The fraction of sp³-hybridized carbons (Fsp3) is 0.647. The highest BCUT2D eigenvalue weighted by Gasteiger charge is 2.41. The van der Waals surface area contributed by atoms with Gasteiger partial charge in [-0.3, -0.25) is 0 Å². The van der Waals surface area contributed by atoms with Crippen molar-refractivity contribution in [3.8, 4) is 0 Å². The van der Waals surface area contributed by atoms with Gasteiger partial charge >= 0.3 is 0 Å². The van der Waals surface area contributed by atoms with Gasteiger partial charge in [-0.1, -0.05) is 30.2 Å². The lowest BCUT2D eigenvalue weighted by molar-refractivity contribution is 0.248. The van der Waals surface area contributed by atoms with Crippen LogP contribution in [0, 0.1) is 17.8 Å². The summed E-state index contributed by atoms with van der Waals surface area (Å²) in [6.07, 6.45) is 5.88. The standard InChI is InChI=1S/C17H24ClN/c1-11(14-4-3-5-16(18)10-14)19-12(2)17-9-13-6-7-15(17)8-13/h3-5,10-13,15,17,19H,6-9H2,1-2H3. The van der Waals surface area contributed by atoms with E-state index in [9.17, 15) is 0 Å². The van der Waals surface area contributed by atoms with Crippen LogP contribution in [0.15, 0.2) is 24.3 Å². The van der Waals surface area contributed by atoms with Gasteiger partial charge in [0.15, 0.2) is 0 Å². The molecule has 0 radical (unpaired) electrons. The maximum Gasteiger partial charge on any atom is 0.0409 e. The summed E-state index contributed by atoms with van der Waals surface area (Å²) in [6.45, 7) is 4.61. The SMILES string of the molecule is CC(NC(C)C1CC2CCC1C2)c1cccc(Cl)c1. The minimum absolute atomic E-state index is 0.382. The molecule has 104 valence electrons. The normalized spacial score (nSPS) is 32.5. The molecule has 2 heteroatoms. The molecule has 5 unspecified atom stereocenters. The van der Waals surface area contributed by atoms with E-state index in [4.69, 9.17) is 11.6 Å². The molecule has 2 aliphatic rings. The highest BCUT2D eigenvalue weighted by molar-refractivity contribution is 6.30. The lowest BCUT2D eigenvalue weighted by atomic mass is 9.83. The predicted molar refractivity (Wildman–Crippen MR) is 81.4 cm³/mol. The van der Waals surface area contributed by atoms with Crippen LogP contribution in [0.2, 0.25) is 5.02 Å². The van der Waals surface area contributed by atoms with Gasteiger partial charge in [-0.15, -0.1) is 0 Å². The summed E-state index contributed by atoms with van der Waals surface area (Å²) >= 11 is 6.08. The second-order valence-corrected chi connectivity index (χ2v) is 7.01. The summed E-state index contributed by atoms with van der Waals surface area (Å²) in [5.41, 5.74) is 1.29. The highest BCUT2D eigenvalue weighted by Crippen LogP contribution is 2.49. The minimum Gasteiger partial charge on any atom is -0.307 e. The van der Waals surface area contributed by atoms with Crippen LogP contribution in [-0.4, -0.2) is 6.04 Å². The molecule has 1 N–H and O–H groups in total. The molecule has 2 saturated carbocycles. The second kappa shape index (κ2) is 5.46.